The van der Waals surface area contributed by atoms with Crippen molar-refractivity contribution in [1.29, 1.82) is 0 Å². The molecule has 20 heavy (non-hydrogen) atoms. The summed E-state index contributed by atoms with van der Waals surface area (Å²) < 4.78 is 40.3. The molecule has 0 fully saturated rings. The van der Waals surface area contributed by atoms with Crippen LogP contribution in [-0.4, -0.2) is 18.2 Å². The monoisotopic (exact) mass is 284 g/mol. The van der Waals surface area contributed by atoms with Gasteiger partial charge in [0.05, 0.1) is 5.56 Å². The molecule has 0 radical (unpaired) electrons. The summed E-state index contributed by atoms with van der Waals surface area (Å²) in [6, 6.07) is 4.02. The number of aryl methyl sites for hydroxylation is 2. The smallest absolute Gasteiger partial charge is 0.347 e. The molecule has 1 N–H and O–H groups in total. The summed E-state index contributed by atoms with van der Waals surface area (Å²) in [5.41, 5.74) is 1.20. The van der Waals surface area contributed by atoms with Crippen LogP contribution in [0, 0.1) is 0 Å². The first kappa shape index (κ1) is 14.9. The molecule has 0 atom stereocenters. The molecule has 0 aliphatic heterocycles. The Bertz CT molecular complexity index is 585. The van der Waals surface area contributed by atoms with Crippen molar-refractivity contribution in [3.05, 3.63) is 35.5 Å². The van der Waals surface area contributed by atoms with Gasteiger partial charge in [0.1, 0.15) is 0 Å². The Morgan fingerprint density at radius 1 is 1.25 bits per heavy atom. The Morgan fingerprint density at radius 2 is 2.00 bits per heavy atom. The van der Waals surface area contributed by atoms with Gasteiger partial charge in [0.2, 0.25) is 0 Å². The highest BCUT2D eigenvalue weighted by Crippen LogP contribution is 2.33. The Kier molecular flexibility index (Phi) is 4.38. The summed E-state index contributed by atoms with van der Waals surface area (Å²) in [6.07, 6.45) is -0.472. The molecular weight excluding hydrogens is 265 g/mol. The first-order valence-corrected chi connectivity index (χ1v) is 6.81. The zero-order valence-electron chi connectivity index (χ0n) is 11.7. The highest BCUT2D eigenvalue weighted by molar-refractivity contribution is 5.84. The molecular formula is C15H19F3N2. The van der Waals surface area contributed by atoms with Crippen molar-refractivity contribution < 1.29 is 13.2 Å². The third-order valence-corrected chi connectivity index (χ3v) is 3.51. The predicted octanol–water partition coefficient (Wildman–Crippen LogP) is 3.83. The molecule has 0 bridgehead atoms. The van der Waals surface area contributed by atoms with Crippen molar-refractivity contribution >= 4 is 10.9 Å². The number of rotatable bonds is 5. The maximum atomic E-state index is 12.8. The summed E-state index contributed by atoms with van der Waals surface area (Å²) in [4.78, 5) is 0. The number of alkyl halides is 3. The highest BCUT2D eigenvalue weighted by Gasteiger charge is 2.30. The van der Waals surface area contributed by atoms with Gasteiger partial charge < -0.3 is 9.88 Å². The Balaban J connectivity index is 2.42. The number of aromatic nitrogens is 1. The van der Waals surface area contributed by atoms with E-state index in [0.29, 0.717) is 12.1 Å². The minimum Gasteiger partial charge on any atom is -0.347 e. The minimum atomic E-state index is -4.29. The second kappa shape index (κ2) is 5.87. The normalized spacial score (nSPS) is 12.2. The molecule has 0 saturated heterocycles. The van der Waals surface area contributed by atoms with Crippen LogP contribution >= 0.6 is 0 Å². The number of nitrogens with one attached hydrogen (secondary N) is 1. The Hall–Kier alpha value is -1.49. The van der Waals surface area contributed by atoms with Gasteiger partial charge in [-0.15, -0.1) is 0 Å². The molecule has 0 aliphatic carbocycles. The number of fused-ring (bicyclic) bond motifs is 1. The molecule has 0 amide bonds. The number of nitrogens with zero attached hydrogens (tertiary/aromatic N) is 1. The molecule has 2 aromatic rings. The highest BCUT2D eigenvalue weighted by atomic mass is 19.4. The molecule has 2 nitrogen and oxygen atoms in total. The van der Waals surface area contributed by atoms with Gasteiger partial charge in [-0.2, -0.15) is 13.2 Å². The van der Waals surface area contributed by atoms with Crippen molar-refractivity contribution in [3.8, 4) is 0 Å². The average Bonchev–Trinajstić information content (AvgIpc) is 2.76. The zero-order chi connectivity index (χ0) is 14.8. The number of hydrogen-bond donors (Lipinski definition) is 1. The summed E-state index contributed by atoms with van der Waals surface area (Å²) in [7, 11) is 1.89. The zero-order valence-corrected chi connectivity index (χ0v) is 11.7. The van der Waals surface area contributed by atoms with Crippen molar-refractivity contribution in [2.75, 3.05) is 13.6 Å². The molecule has 1 heterocycles. The van der Waals surface area contributed by atoms with E-state index in [1.165, 1.54) is 12.1 Å². The summed E-state index contributed by atoms with van der Waals surface area (Å²) in [5, 5.41) is 4.01. The maximum absolute atomic E-state index is 12.8. The van der Waals surface area contributed by atoms with E-state index in [1.54, 1.807) is 6.07 Å². The predicted molar refractivity (Wildman–Crippen MR) is 74.9 cm³/mol. The quantitative estimate of drug-likeness (QED) is 0.826. The van der Waals surface area contributed by atoms with Crippen LogP contribution in [-0.2, 0) is 19.1 Å². The molecule has 5 heteroatoms. The second-order valence-electron chi connectivity index (χ2n) is 4.88. The van der Waals surface area contributed by atoms with Gasteiger partial charge in [-0.25, -0.2) is 0 Å². The van der Waals surface area contributed by atoms with E-state index in [9.17, 15) is 13.2 Å². The van der Waals surface area contributed by atoms with Crippen molar-refractivity contribution in [2.45, 2.75) is 32.5 Å². The van der Waals surface area contributed by atoms with Crippen LogP contribution in [0.5, 0.6) is 0 Å². The third kappa shape index (κ3) is 2.98. The fourth-order valence-corrected chi connectivity index (χ4v) is 2.46. The van der Waals surface area contributed by atoms with Crippen LogP contribution in [0.15, 0.2) is 24.4 Å². The molecule has 0 spiro atoms. The van der Waals surface area contributed by atoms with Crippen LogP contribution in [0.2, 0.25) is 0 Å². The molecule has 1 aromatic heterocycles. The van der Waals surface area contributed by atoms with Gasteiger partial charge in [-0.3, -0.25) is 0 Å². The number of halogens is 3. The van der Waals surface area contributed by atoms with Gasteiger partial charge in [-0.1, -0.05) is 6.07 Å². The van der Waals surface area contributed by atoms with E-state index in [4.69, 9.17) is 0 Å². The molecule has 2 rings (SSSR count). The van der Waals surface area contributed by atoms with Crippen LogP contribution < -0.4 is 5.32 Å². The van der Waals surface area contributed by atoms with E-state index in [2.05, 4.69) is 5.32 Å². The largest absolute Gasteiger partial charge is 0.416 e. The Morgan fingerprint density at radius 3 is 2.60 bits per heavy atom. The average molecular weight is 284 g/mol. The van der Waals surface area contributed by atoms with E-state index < -0.39 is 11.7 Å². The number of hydrogen-bond acceptors (Lipinski definition) is 1. The lowest BCUT2D eigenvalue weighted by atomic mass is 10.1. The summed E-state index contributed by atoms with van der Waals surface area (Å²) >= 11 is 0. The third-order valence-electron chi connectivity index (χ3n) is 3.51. The molecule has 110 valence electrons. The lowest BCUT2D eigenvalue weighted by Crippen LogP contribution is -2.08. The topological polar surface area (TPSA) is 17.0 Å². The minimum absolute atomic E-state index is 0.584. The van der Waals surface area contributed by atoms with E-state index in [0.717, 1.165) is 30.3 Å². The molecule has 0 aliphatic rings. The van der Waals surface area contributed by atoms with Crippen LogP contribution in [0.1, 0.15) is 24.5 Å². The first-order chi connectivity index (χ1) is 9.47. The van der Waals surface area contributed by atoms with Crippen LogP contribution in [0.25, 0.3) is 10.9 Å². The van der Waals surface area contributed by atoms with Crippen LogP contribution in [0.4, 0.5) is 13.2 Å². The Labute approximate surface area is 116 Å². The second-order valence-corrected chi connectivity index (χ2v) is 4.88. The standard InChI is InChI=1S/C15H19F3N2/c1-3-20-10-11(5-4-8-19-2)13-7-6-12(9-14(13)20)15(16,17)18/h6-7,9-10,19H,3-5,8H2,1-2H3. The number of benzene rings is 1. The SMILES string of the molecule is CCn1cc(CCCNC)c2ccc(C(F)(F)F)cc21. The first-order valence-electron chi connectivity index (χ1n) is 6.81. The maximum Gasteiger partial charge on any atom is 0.416 e. The fourth-order valence-electron chi connectivity index (χ4n) is 2.46. The van der Waals surface area contributed by atoms with E-state index in [1.807, 2.05) is 24.7 Å². The van der Waals surface area contributed by atoms with Crippen molar-refractivity contribution in [3.63, 3.8) is 0 Å². The van der Waals surface area contributed by atoms with Crippen molar-refractivity contribution in [1.82, 2.24) is 9.88 Å². The molecule has 0 unspecified atom stereocenters. The molecule has 0 saturated carbocycles. The van der Waals surface area contributed by atoms with Gasteiger partial charge >= 0.3 is 6.18 Å². The van der Waals surface area contributed by atoms with Gasteiger partial charge in [0.15, 0.2) is 0 Å². The fraction of sp³-hybridized carbons (Fsp3) is 0.467. The van der Waals surface area contributed by atoms with Crippen molar-refractivity contribution in [2.24, 2.45) is 0 Å². The lowest BCUT2D eigenvalue weighted by Gasteiger charge is -2.08. The lowest BCUT2D eigenvalue weighted by molar-refractivity contribution is -0.137. The summed E-state index contributed by atoms with van der Waals surface area (Å²) in [5.74, 6) is 0. The van der Waals surface area contributed by atoms with Crippen LogP contribution in [0.3, 0.4) is 0 Å². The van der Waals surface area contributed by atoms with Gasteiger partial charge in [0.25, 0.3) is 0 Å². The van der Waals surface area contributed by atoms with Gasteiger partial charge in [-0.05, 0) is 51.1 Å². The van der Waals surface area contributed by atoms with E-state index >= 15 is 0 Å². The van der Waals surface area contributed by atoms with Gasteiger partial charge in [0, 0.05) is 23.6 Å². The van der Waals surface area contributed by atoms with E-state index in [-0.39, 0.29) is 0 Å². The molecule has 1 aromatic carbocycles. The summed E-state index contributed by atoms with van der Waals surface area (Å²) in [6.45, 7) is 3.51.